The SMILES string of the molecule is CCOP(=O)(CNC(=O)[C@@H](N)Cc1ccccc1)OCC. The summed E-state index contributed by atoms with van der Waals surface area (Å²) in [5.41, 5.74) is 6.81. The molecule has 0 aromatic heterocycles. The van der Waals surface area contributed by atoms with Crippen molar-refractivity contribution in [2.24, 2.45) is 5.73 Å². The second-order valence-electron chi connectivity index (χ2n) is 4.44. The molecule has 118 valence electrons. The fourth-order valence-electron chi connectivity index (χ4n) is 1.79. The summed E-state index contributed by atoms with van der Waals surface area (Å²) in [4.78, 5) is 11.9. The second-order valence-corrected chi connectivity index (χ2v) is 6.50. The van der Waals surface area contributed by atoms with Crippen LogP contribution in [0.15, 0.2) is 30.3 Å². The molecule has 0 aliphatic carbocycles. The second kappa shape index (κ2) is 8.95. The van der Waals surface area contributed by atoms with Crippen LogP contribution >= 0.6 is 7.60 Å². The van der Waals surface area contributed by atoms with E-state index in [1.807, 2.05) is 30.3 Å². The Bertz CT molecular complexity index is 471. The third-order valence-corrected chi connectivity index (χ3v) is 4.58. The number of rotatable bonds is 9. The molecule has 21 heavy (non-hydrogen) atoms. The van der Waals surface area contributed by atoms with Crippen LogP contribution < -0.4 is 11.1 Å². The predicted molar refractivity (Wildman–Crippen MR) is 82.0 cm³/mol. The van der Waals surface area contributed by atoms with Gasteiger partial charge >= 0.3 is 7.60 Å². The molecule has 1 amide bonds. The monoisotopic (exact) mass is 314 g/mol. The van der Waals surface area contributed by atoms with Gasteiger partial charge < -0.3 is 20.1 Å². The molecule has 0 heterocycles. The largest absolute Gasteiger partial charge is 0.349 e. The van der Waals surface area contributed by atoms with Crippen LogP contribution in [-0.2, 0) is 24.8 Å². The van der Waals surface area contributed by atoms with E-state index in [1.54, 1.807) is 13.8 Å². The Kier molecular flexibility index (Phi) is 7.61. The molecule has 0 saturated heterocycles. The Morgan fingerprint density at radius 2 is 1.81 bits per heavy atom. The normalized spacial score (nSPS) is 12.9. The molecule has 0 unspecified atom stereocenters. The van der Waals surface area contributed by atoms with Crippen molar-refractivity contribution in [2.45, 2.75) is 26.3 Å². The van der Waals surface area contributed by atoms with E-state index < -0.39 is 13.6 Å². The zero-order valence-electron chi connectivity index (χ0n) is 12.5. The molecule has 0 saturated carbocycles. The molecule has 7 heteroatoms. The van der Waals surface area contributed by atoms with E-state index in [1.165, 1.54) is 0 Å². The van der Waals surface area contributed by atoms with Gasteiger partial charge in [0.05, 0.1) is 19.3 Å². The van der Waals surface area contributed by atoms with Crippen LogP contribution in [-0.4, -0.2) is 31.4 Å². The summed E-state index contributed by atoms with van der Waals surface area (Å²) in [7, 11) is -3.28. The Labute approximate surface area is 125 Å². The summed E-state index contributed by atoms with van der Waals surface area (Å²) in [5, 5.41) is 2.54. The molecule has 0 bridgehead atoms. The lowest BCUT2D eigenvalue weighted by Gasteiger charge is -2.19. The van der Waals surface area contributed by atoms with Crippen LogP contribution in [0.25, 0.3) is 0 Å². The molecule has 1 atom stereocenters. The third kappa shape index (κ3) is 6.40. The molecule has 0 aliphatic heterocycles. The van der Waals surface area contributed by atoms with E-state index in [4.69, 9.17) is 14.8 Å². The minimum absolute atomic E-state index is 0.171. The maximum absolute atomic E-state index is 12.2. The standard InChI is InChI=1S/C14H23N2O4P/c1-3-19-21(18,20-4-2)11-16-14(17)13(15)10-12-8-6-5-7-9-12/h5-9,13H,3-4,10-11,15H2,1-2H3,(H,16,17)/t13-/m0/s1. The topological polar surface area (TPSA) is 90.7 Å². The van der Waals surface area contributed by atoms with Crippen molar-refractivity contribution in [2.75, 3.05) is 19.5 Å². The van der Waals surface area contributed by atoms with Gasteiger partial charge in [-0.25, -0.2) is 0 Å². The summed E-state index contributed by atoms with van der Waals surface area (Å²) in [6.07, 6.45) is 0.246. The summed E-state index contributed by atoms with van der Waals surface area (Å²) in [6.45, 7) is 3.94. The van der Waals surface area contributed by atoms with Crippen molar-refractivity contribution >= 4 is 13.5 Å². The van der Waals surface area contributed by atoms with Gasteiger partial charge in [0.1, 0.15) is 6.29 Å². The summed E-state index contributed by atoms with van der Waals surface area (Å²) in [6, 6.07) is 8.77. The van der Waals surface area contributed by atoms with Crippen molar-refractivity contribution in [3.05, 3.63) is 35.9 Å². The first-order chi connectivity index (χ1) is 10.0. The summed E-state index contributed by atoms with van der Waals surface area (Å²) in [5.74, 6) is -0.376. The Hall–Kier alpha value is -1.20. The molecule has 0 fully saturated rings. The van der Waals surface area contributed by atoms with Gasteiger partial charge in [-0.05, 0) is 25.8 Å². The number of carbonyl (C=O) groups excluding carboxylic acids is 1. The first-order valence-electron chi connectivity index (χ1n) is 6.96. The van der Waals surface area contributed by atoms with Gasteiger partial charge in [-0.1, -0.05) is 30.3 Å². The maximum atomic E-state index is 12.2. The molecular weight excluding hydrogens is 291 g/mol. The fraction of sp³-hybridized carbons (Fsp3) is 0.500. The van der Waals surface area contributed by atoms with Crippen molar-refractivity contribution in [1.29, 1.82) is 0 Å². The highest BCUT2D eigenvalue weighted by atomic mass is 31.2. The lowest BCUT2D eigenvalue weighted by atomic mass is 10.1. The smallest absolute Gasteiger partial charge is 0.343 e. The lowest BCUT2D eigenvalue weighted by Crippen LogP contribution is -2.42. The molecule has 6 nitrogen and oxygen atoms in total. The summed E-state index contributed by atoms with van der Waals surface area (Å²) < 4.78 is 22.4. The van der Waals surface area contributed by atoms with Gasteiger partial charge in [-0.3, -0.25) is 9.36 Å². The van der Waals surface area contributed by atoms with Gasteiger partial charge in [-0.2, -0.15) is 0 Å². The number of amides is 1. The number of carbonyl (C=O) groups is 1. The number of hydrogen-bond acceptors (Lipinski definition) is 5. The highest BCUT2D eigenvalue weighted by Crippen LogP contribution is 2.46. The van der Waals surface area contributed by atoms with Crippen LogP contribution in [0, 0.1) is 0 Å². The summed E-state index contributed by atoms with van der Waals surface area (Å²) >= 11 is 0. The van der Waals surface area contributed by atoms with E-state index in [0.717, 1.165) is 5.56 Å². The first kappa shape index (κ1) is 17.9. The zero-order valence-corrected chi connectivity index (χ0v) is 13.3. The predicted octanol–water partition coefficient (Wildman–Crippen LogP) is 1.90. The first-order valence-corrected chi connectivity index (χ1v) is 8.69. The molecule has 0 spiro atoms. The Morgan fingerprint density at radius 3 is 2.33 bits per heavy atom. The quantitative estimate of drug-likeness (QED) is 0.679. The number of nitrogens with two attached hydrogens (primary N) is 1. The highest BCUT2D eigenvalue weighted by Gasteiger charge is 2.25. The molecule has 1 aromatic rings. The van der Waals surface area contributed by atoms with Gasteiger partial charge in [-0.15, -0.1) is 0 Å². The van der Waals surface area contributed by atoms with Crippen molar-refractivity contribution in [1.82, 2.24) is 5.32 Å². The molecule has 1 rings (SSSR count). The molecule has 0 aliphatic rings. The lowest BCUT2D eigenvalue weighted by molar-refractivity contribution is -0.122. The van der Waals surface area contributed by atoms with Crippen LogP contribution in [0.1, 0.15) is 19.4 Å². The van der Waals surface area contributed by atoms with Crippen LogP contribution in [0.3, 0.4) is 0 Å². The van der Waals surface area contributed by atoms with Crippen molar-refractivity contribution in [3.63, 3.8) is 0 Å². The van der Waals surface area contributed by atoms with Gasteiger partial charge in [0.25, 0.3) is 0 Å². The van der Waals surface area contributed by atoms with Gasteiger partial charge in [0.2, 0.25) is 5.91 Å². The third-order valence-electron chi connectivity index (χ3n) is 2.73. The van der Waals surface area contributed by atoms with Crippen LogP contribution in [0.2, 0.25) is 0 Å². The maximum Gasteiger partial charge on any atom is 0.349 e. The Balaban J connectivity index is 2.50. The average Bonchev–Trinajstić information content (AvgIpc) is 2.46. The van der Waals surface area contributed by atoms with E-state index in [-0.39, 0.29) is 25.4 Å². The van der Waals surface area contributed by atoms with E-state index in [2.05, 4.69) is 5.32 Å². The Morgan fingerprint density at radius 1 is 1.24 bits per heavy atom. The fourth-order valence-corrected chi connectivity index (χ4v) is 3.18. The van der Waals surface area contributed by atoms with Gasteiger partial charge in [0, 0.05) is 0 Å². The number of hydrogen-bond donors (Lipinski definition) is 2. The molecule has 1 aromatic carbocycles. The number of benzene rings is 1. The molecule has 0 radical (unpaired) electrons. The minimum atomic E-state index is -3.28. The van der Waals surface area contributed by atoms with E-state index in [9.17, 15) is 9.36 Å². The van der Waals surface area contributed by atoms with Gasteiger partial charge in [0.15, 0.2) is 0 Å². The zero-order chi connectivity index (χ0) is 15.7. The van der Waals surface area contributed by atoms with E-state index in [0.29, 0.717) is 6.42 Å². The molecule has 3 N–H and O–H groups in total. The van der Waals surface area contributed by atoms with Crippen LogP contribution in [0.5, 0.6) is 0 Å². The average molecular weight is 314 g/mol. The van der Waals surface area contributed by atoms with Crippen LogP contribution in [0.4, 0.5) is 0 Å². The van der Waals surface area contributed by atoms with E-state index >= 15 is 0 Å². The highest BCUT2D eigenvalue weighted by molar-refractivity contribution is 7.53. The minimum Gasteiger partial charge on any atom is -0.343 e. The van der Waals surface area contributed by atoms with Crippen molar-refractivity contribution in [3.8, 4) is 0 Å². The number of nitrogens with one attached hydrogen (secondary N) is 1. The molecular formula is C14H23N2O4P. The van der Waals surface area contributed by atoms with Crippen molar-refractivity contribution < 1.29 is 18.4 Å².